The maximum atomic E-state index is 13.4. The average molecular weight is 544 g/mol. The van der Waals surface area contributed by atoms with Gasteiger partial charge in [-0.1, -0.05) is 42.5 Å². The zero-order valence-corrected chi connectivity index (χ0v) is 22.6. The van der Waals surface area contributed by atoms with Gasteiger partial charge < -0.3 is 4.98 Å². The maximum Gasteiger partial charge on any atom is 0.262 e. The number of H-pyrrole nitrogens is 1. The van der Waals surface area contributed by atoms with E-state index < -0.39 is 0 Å². The van der Waals surface area contributed by atoms with Gasteiger partial charge in [-0.25, -0.2) is 9.97 Å². The number of aromatic nitrogens is 5. The lowest BCUT2D eigenvalue weighted by atomic mass is 10.2. The Morgan fingerprint density at radius 1 is 0.571 bits per heavy atom. The van der Waals surface area contributed by atoms with Crippen molar-refractivity contribution in [3.05, 3.63) is 150 Å². The van der Waals surface area contributed by atoms with Crippen LogP contribution in [0.3, 0.4) is 0 Å². The van der Waals surface area contributed by atoms with Crippen LogP contribution < -0.4 is 0 Å². The molecule has 2 aliphatic heterocycles. The molecule has 6 nitrogen and oxygen atoms in total. The lowest BCUT2D eigenvalue weighted by Gasteiger charge is -2.05. The molecule has 0 fully saturated rings. The molecule has 2 aromatic carbocycles. The number of fused-ring (bicyclic) bond motifs is 9. The van der Waals surface area contributed by atoms with Crippen molar-refractivity contribution in [3.63, 3.8) is 0 Å². The zero-order valence-electron chi connectivity index (χ0n) is 22.6. The van der Waals surface area contributed by atoms with Crippen LogP contribution in [0.4, 0.5) is 0 Å². The summed E-state index contributed by atoms with van der Waals surface area (Å²) in [6.07, 6.45) is 9.66. The minimum absolute atomic E-state index is 0.0940. The molecule has 0 radical (unpaired) electrons. The molecule has 42 heavy (non-hydrogen) atoms. The van der Waals surface area contributed by atoms with Gasteiger partial charge in [-0.05, 0) is 97.1 Å². The zero-order chi connectivity index (χ0) is 28.3. The molecule has 8 rings (SSSR count). The molecule has 8 bridgehead atoms. The number of hydrogen-bond acceptors (Lipinski definition) is 4. The summed E-state index contributed by atoms with van der Waals surface area (Å²) in [5.74, 6) is -0.0940. The second kappa shape index (κ2) is 10.9. The monoisotopic (exact) mass is 543 g/mol. The number of rotatable bonds is 1. The fraction of sp³-hybridized carbons (Fsp3) is 0. The summed E-state index contributed by atoms with van der Waals surface area (Å²) in [6.45, 7) is 0. The van der Waals surface area contributed by atoms with Crippen LogP contribution in [-0.2, 0) is 0 Å². The number of carbonyl (C=O) groups is 1. The van der Waals surface area contributed by atoms with Gasteiger partial charge in [0.2, 0.25) is 0 Å². The summed E-state index contributed by atoms with van der Waals surface area (Å²) >= 11 is 0. The molecule has 6 heterocycles. The van der Waals surface area contributed by atoms with Crippen LogP contribution in [0.1, 0.15) is 33.1 Å². The highest BCUT2D eigenvalue weighted by Gasteiger charge is 2.13. The van der Waals surface area contributed by atoms with E-state index in [9.17, 15) is 4.79 Å². The molecule has 200 valence electrons. The first-order chi connectivity index (χ1) is 20.7. The SMILES string of the molecule is O=C(c1ccccc1)n1c2ccc1cc1nc(cc3ccc(cc4nc(c2)C=C4)[nH]3)C=C1.c1ccc2ncccc2c1. The molecule has 0 saturated heterocycles. The summed E-state index contributed by atoms with van der Waals surface area (Å²) in [7, 11) is 0. The van der Waals surface area contributed by atoms with E-state index in [-0.39, 0.29) is 5.91 Å². The topological polar surface area (TPSA) is 76.5 Å². The fourth-order valence-electron chi connectivity index (χ4n) is 4.98. The van der Waals surface area contributed by atoms with Crippen LogP contribution in [0.25, 0.3) is 57.3 Å². The molecule has 1 N–H and O–H groups in total. The average Bonchev–Trinajstić information content (AvgIpc) is 3.84. The Morgan fingerprint density at radius 2 is 1.12 bits per heavy atom. The lowest BCUT2D eigenvalue weighted by Crippen LogP contribution is -2.11. The fourth-order valence-corrected chi connectivity index (χ4v) is 4.98. The summed E-state index contributed by atoms with van der Waals surface area (Å²) in [5, 5.41) is 1.20. The van der Waals surface area contributed by atoms with Crippen molar-refractivity contribution >= 4 is 63.2 Å². The molecule has 0 atom stereocenters. The summed E-state index contributed by atoms with van der Waals surface area (Å²) < 4.78 is 1.72. The molecule has 4 aromatic heterocycles. The molecular weight excluding hydrogens is 518 g/mol. The van der Waals surface area contributed by atoms with Crippen molar-refractivity contribution < 1.29 is 4.79 Å². The van der Waals surface area contributed by atoms with Gasteiger partial charge in [-0.3, -0.25) is 14.3 Å². The Morgan fingerprint density at radius 3 is 1.74 bits per heavy atom. The van der Waals surface area contributed by atoms with E-state index in [2.05, 4.69) is 22.1 Å². The van der Waals surface area contributed by atoms with Crippen molar-refractivity contribution in [2.75, 3.05) is 0 Å². The first-order valence-corrected chi connectivity index (χ1v) is 13.6. The Balaban J connectivity index is 0.000000243. The summed E-state index contributed by atoms with van der Waals surface area (Å²) in [6, 6.07) is 37.2. The molecule has 0 amide bonds. The number of carbonyl (C=O) groups excluding carboxylic acids is 1. The molecule has 0 unspecified atom stereocenters. The molecule has 6 aromatic rings. The number of pyridine rings is 1. The summed E-state index contributed by atoms with van der Waals surface area (Å²) in [5.41, 5.74) is 8.44. The predicted octanol–water partition coefficient (Wildman–Crippen LogP) is 8.05. The lowest BCUT2D eigenvalue weighted by molar-refractivity contribution is 0.0969. The minimum Gasteiger partial charge on any atom is -0.355 e. The van der Waals surface area contributed by atoms with Gasteiger partial charge in [0, 0.05) is 28.2 Å². The third-order valence-electron chi connectivity index (χ3n) is 6.97. The molecule has 0 saturated carbocycles. The van der Waals surface area contributed by atoms with Crippen molar-refractivity contribution in [2.24, 2.45) is 0 Å². The van der Waals surface area contributed by atoms with Crippen LogP contribution in [0.5, 0.6) is 0 Å². The van der Waals surface area contributed by atoms with Gasteiger partial charge in [-0.15, -0.1) is 0 Å². The van der Waals surface area contributed by atoms with Crippen molar-refractivity contribution in [1.29, 1.82) is 0 Å². The smallest absolute Gasteiger partial charge is 0.262 e. The highest BCUT2D eigenvalue weighted by molar-refractivity contribution is 6.02. The van der Waals surface area contributed by atoms with Crippen LogP contribution in [0.15, 0.2) is 121 Å². The quantitative estimate of drug-likeness (QED) is 0.227. The normalized spacial score (nSPS) is 11.7. The van der Waals surface area contributed by atoms with Crippen LogP contribution in [0, 0.1) is 0 Å². The van der Waals surface area contributed by atoms with E-state index in [1.807, 2.05) is 134 Å². The third kappa shape index (κ3) is 5.29. The molecule has 0 aliphatic carbocycles. The molecular formula is C36H25N5O. The first kappa shape index (κ1) is 25.1. The van der Waals surface area contributed by atoms with Gasteiger partial charge in [0.25, 0.3) is 5.91 Å². The number of nitrogens with one attached hydrogen (secondary N) is 1. The van der Waals surface area contributed by atoms with E-state index in [1.165, 1.54) is 5.39 Å². The van der Waals surface area contributed by atoms with Gasteiger partial charge in [0.05, 0.1) is 39.3 Å². The van der Waals surface area contributed by atoms with Crippen molar-refractivity contribution in [2.45, 2.75) is 0 Å². The van der Waals surface area contributed by atoms with Gasteiger partial charge in [0.15, 0.2) is 0 Å². The van der Waals surface area contributed by atoms with Crippen molar-refractivity contribution in [3.8, 4) is 0 Å². The standard InChI is InChI=1S/C27H18N4O.C9H7N/c32-27(18-4-2-1-3-5-18)31-25-12-13-26(31)17-24-11-9-22(30-24)15-20-7-6-19(28-20)14-21-8-10-23(16-25)29-21;1-2-6-9-8(4-1)5-3-7-10-9/h1-17,28H;1-7H. The molecule has 2 aliphatic rings. The Labute approximate surface area is 242 Å². The Bertz CT molecular complexity index is 2010. The Hall–Kier alpha value is -5.88. The molecule has 6 heteroatoms. The van der Waals surface area contributed by atoms with Crippen LogP contribution in [-0.4, -0.2) is 30.4 Å². The van der Waals surface area contributed by atoms with Gasteiger partial charge >= 0.3 is 0 Å². The van der Waals surface area contributed by atoms with E-state index in [0.717, 1.165) is 50.4 Å². The number of hydrogen-bond donors (Lipinski definition) is 1. The third-order valence-corrected chi connectivity index (χ3v) is 6.97. The second-order valence-corrected chi connectivity index (χ2v) is 9.92. The van der Waals surface area contributed by atoms with E-state index in [0.29, 0.717) is 5.56 Å². The van der Waals surface area contributed by atoms with E-state index >= 15 is 0 Å². The molecule has 0 spiro atoms. The number of para-hydroxylation sites is 1. The number of nitrogens with zero attached hydrogens (tertiary/aromatic N) is 4. The maximum absolute atomic E-state index is 13.4. The van der Waals surface area contributed by atoms with E-state index in [1.54, 1.807) is 4.57 Å². The van der Waals surface area contributed by atoms with Gasteiger partial charge in [0.1, 0.15) is 0 Å². The second-order valence-electron chi connectivity index (χ2n) is 9.92. The van der Waals surface area contributed by atoms with Crippen molar-refractivity contribution in [1.82, 2.24) is 24.5 Å². The minimum atomic E-state index is -0.0940. The number of aromatic amines is 1. The summed E-state index contributed by atoms with van der Waals surface area (Å²) in [4.78, 5) is 30.4. The highest BCUT2D eigenvalue weighted by Crippen LogP contribution is 2.20. The van der Waals surface area contributed by atoms with E-state index in [4.69, 9.17) is 9.97 Å². The van der Waals surface area contributed by atoms with Crippen LogP contribution >= 0.6 is 0 Å². The Kier molecular flexibility index (Phi) is 6.54. The highest BCUT2D eigenvalue weighted by atomic mass is 16.2. The first-order valence-electron chi connectivity index (χ1n) is 13.6. The largest absolute Gasteiger partial charge is 0.355 e. The van der Waals surface area contributed by atoms with Gasteiger partial charge in [-0.2, -0.15) is 0 Å². The predicted molar refractivity (Wildman–Crippen MR) is 170 cm³/mol. The number of benzene rings is 2. The van der Waals surface area contributed by atoms with Crippen LogP contribution in [0.2, 0.25) is 0 Å².